The number of amides is 1. The van der Waals surface area contributed by atoms with Crippen LogP contribution in [0.15, 0.2) is 29.4 Å². The van der Waals surface area contributed by atoms with Gasteiger partial charge in [0.2, 0.25) is 0 Å². The standard InChI is InChI=1S/C18H25ClN6OS2/c1-18(2,3)14-22-16(25(23-14)17(26)24(4)5)28-11-10-20-15(27)21-13-8-6-12(19)7-9-13/h6-9H,10-11H2,1-5H3,(H2,20,21,27). The molecular weight excluding hydrogens is 416 g/mol. The molecule has 0 spiro atoms. The summed E-state index contributed by atoms with van der Waals surface area (Å²) in [6, 6.07) is 7.08. The van der Waals surface area contributed by atoms with Crippen molar-refractivity contribution in [3.63, 3.8) is 0 Å². The maximum Gasteiger partial charge on any atom is 0.346 e. The summed E-state index contributed by atoms with van der Waals surface area (Å²) in [5, 5.41) is 12.4. The average Bonchev–Trinajstić information content (AvgIpc) is 3.04. The number of hydrogen-bond acceptors (Lipinski definition) is 5. The van der Waals surface area contributed by atoms with Crippen molar-refractivity contribution in [2.75, 3.05) is 31.7 Å². The first-order valence-corrected chi connectivity index (χ1v) is 10.5. The second-order valence-corrected chi connectivity index (χ2v) is 9.20. The first-order chi connectivity index (χ1) is 13.1. The topological polar surface area (TPSA) is 75.1 Å². The van der Waals surface area contributed by atoms with Crippen LogP contribution < -0.4 is 10.6 Å². The first-order valence-electron chi connectivity index (χ1n) is 8.70. The van der Waals surface area contributed by atoms with Crippen molar-refractivity contribution in [2.24, 2.45) is 0 Å². The van der Waals surface area contributed by atoms with E-state index in [-0.39, 0.29) is 11.4 Å². The van der Waals surface area contributed by atoms with Crippen LogP contribution >= 0.6 is 35.6 Å². The van der Waals surface area contributed by atoms with Gasteiger partial charge in [-0.1, -0.05) is 44.1 Å². The third-order valence-electron chi connectivity index (χ3n) is 3.53. The van der Waals surface area contributed by atoms with Gasteiger partial charge in [-0.2, -0.15) is 4.68 Å². The number of nitrogens with one attached hydrogen (secondary N) is 2. The molecule has 2 rings (SSSR count). The average molecular weight is 441 g/mol. The smallest absolute Gasteiger partial charge is 0.346 e. The number of anilines is 1. The van der Waals surface area contributed by atoms with Gasteiger partial charge in [-0.25, -0.2) is 9.78 Å². The summed E-state index contributed by atoms with van der Waals surface area (Å²) in [6.45, 7) is 6.66. The van der Waals surface area contributed by atoms with Gasteiger partial charge in [0.1, 0.15) is 0 Å². The highest BCUT2D eigenvalue weighted by molar-refractivity contribution is 7.99. The Labute approximate surface area is 180 Å². The second kappa shape index (κ2) is 9.58. The summed E-state index contributed by atoms with van der Waals surface area (Å²) in [5.41, 5.74) is 0.621. The SMILES string of the molecule is CN(C)C(=O)n1nc(C(C)(C)C)nc1SCCNC(=S)Nc1ccc(Cl)cc1. The van der Waals surface area contributed by atoms with Gasteiger partial charge in [-0.05, 0) is 36.5 Å². The summed E-state index contributed by atoms with van der Waals surface area (Å²) in [6.07, 6.45) is 0. The molecule has 0 radical (unpaired) electrons. The molecule has 0 unspecified atom stereocenters. The summed E-state index contributed by atoms with van der Waals surface area (Å²) in [4.78, 5) is 18.4. The minimum absolute atomic E-state index is 0.224. The number of benzene rings is 1. The van der Waals surface area contributed by atoms with E-state index in [1.165, 1.54) is 21.3 Å². The van der Waals surface area contributed by atoms with Gasteiger partial charge >= 0.3 is 6.03 Å². The van der Waals surface area contributed by atoms with Crippen LogP contribution in [0.4, 0.5) is 10.5 Å². The monoisotopic (exact) mass is 440 g/mol. The molecule has 1 aromatic carbocycles. The van der Waals surface area contributed by atoms with Crippen molar-refractivity contribution in [3.8, 4) is 0 Å². The zero-order chi connectivity index (χ0) is 20.9. The molecule has 0 atom stereocenters. The zero-order valence-electron chi connectivity index (χ0n) is 16.6. The molecule has 2 N–H and O–H groups in total. The van der Waals surface area contributed by atoms with Crippen LogP contribution in [-0.2, 0) is 5.41 Å². The van der Waals surface area contributed by atoms with Crippen molar-refractivity contribution in [2.45, 2.75) is 31.3 Å². The fraction of sp³-hybridized carbons (Fsp3) is 0.444. The maximum atomic E-state index is 12.4. The maximum absolute atomic E-state index is 12.4. The van der Waals surface area contributed by atoms with E-state index in [4.69, 9.17) is 23.8 Å². The molecule has 0 saturated carbocycles. The minimum atomic E-state index is -0.241. The van der Waals surface area contributed by atoms with Crippen LogP contribution in [0.1, 0.15) is 26.6 Å². The number of halogens is 1. The lowest BCUT2D eigenvalue weighted by Crippen LogP contribution is -2.31. The number of aromatic nitrogens is 3. The molecule has 0 saturated heterocycles. The second-order valence-electron chi connectivity index (χ2n) is 7.29. The van der Waals surface area contributed by atoms with Crippen molar-refractivity contribution in [1.82, 2.24) is 25.0 Å². The molecule has 0 fully saturated rings. The number of carbonyl (C=O) groups excluding carboxylic acids is 1. The molecule has 10 heteroatoms. The molecular formula is C18H25ClN6OS2. The Balaban J connectivity index is 1.92. The molecule has 2 aromatic rings. The number of thiocarbonyl (C=S) groups is 1. The molecule has 0 aliphatic heterocycles. The quantitative estimate of drug-likeness (QED) is 0.415. The van der Waals surface area contributed by atoms with Crippen molar-refractivity contribution in [3.05, 3.63) is 35.1 Å². The minimum Gasteiger partial charge on any atom is -0.362 e. The van der Waals surface area contributed by atoms with E-state index in [9.17, 15) is 4.79 Å². The van der Waals surface area contributed by atoms with Crippen LogP contribution in [0.25, 0.3) is 0 Å². The van der Waals surface area contributed by atoms with Crippen LogP contribution in [0, 0.1) is 0 Å². The Morgan fingerprint density at radius 2 is 1.93 bits per heavy atom. The molecule has 1 amide bonds. The summed E-state index contributed by atoms with van der Waals surface area (Å²) in [7, 11) is 3.38. The van der Waals surface area contributed by atoms with Crippen LogP contribution in [0.5, 0.6) is 0 Å². The Morgan fingerprint density at radius 3 is 2.50 bits per heavy atom. The normalized spacial score (nSPS) is 11.2. The van der Waals surface area contributed by atoms with Crippen LogP contribution in [-0.4, -0.2) is 57.2 Å². The summed E-state index contributed by atoms with van der Waals surface area (Å²) in [5.74, 6) is 1.31. The summed E-state index contributed by atoms with van der Waals surface area (Å²) >= 11 is 12.6. The molecule has 152 valence electrons. The highest BCUT2D eigenvalue weighted by Crippen LogP contribution is 2.23. The molecule has 0 bridgehead atoms. The Morgan fingerprint density at radius 1 is 1.29 bits per heavy atom. The van der Waals surface area contributed by atoms with Gasteiger partial charge in [0.15, 0.2) is 16.1 Å². The third kappa shape index (κ3) is 6.35. The van der Waals surface area contributed by atoms with Gasteiger partial charge in [0, 0.05) is 42.5 Å². The molecule has 0 aliphatic carbocycles. The number of hydrogen-bond donors (Lipinski definition) is 2. The number of thioether (sulfide) groups is 1. The number of carbonyl (C=O) groups is 1. The fourth-order valence-electron chi connectivity index (χ4n) is 2.04. The Bertz CT molecular complexity index is 830. The predicted octanol–water partition coefficient (Wildman–Crippen LogP) is 3.84. The lowest BCUT2D eigenvalue weighted by atomic mass is 9.96. The molecule has 7 nitrogen and oxygen atoms in total. The van der Waals surface area contributed by atoms with Crippen molar-refractivity contribution < 1.29 is 4.79 Å². The predicted molar refractivity (Wildman–Crippen MR) is 120 cm³/mol. The van der Waals surface area contributed by atoms with E-state index in [0.29, 0.717) is 33.4 Å². The first kappa shape index (κ1) is 22.4. The van der Waals surface area contributed by atoms with E-state index in [0.717, 1.165) is 5.69 Å². The van der Waals surface area contributed by atoms with Crippen LogP contribution in [0.3, 0.4) is 0 Å². The zero-order valence-corrected chi connectivity index (χ0v) is 19.0. The van der Waals surface area contributed by atoms with Gasteiger partial charge < -0.3 is 15.5 Å². The van der Waals surface area contributed by atoms with Gasteiger partial charge in [-0.3, -0.25) is 0 Å². The van der Waals surface area contributed by atoms with E-state index in [2.05, 4.69) is 20.7 Å². The molecule has 1 heterocycles. The van der Waals surface area contributed by atoms with E-state index >= 15 is 0 Å². The fourth-order valence-corrected chi connectivity index (χ4v) is 3.16. The molecule has 0 aliphatic rings. The number of nitrogens with zero attached hydrogens (tertiary/aromatic N) is 4. The van der Waals surface area contributed by atoms with E-state index in [1.54, 1.807) is 26.2 Å². The van der Waals surface area contributed by atoms with E-state index in [1.807, 2.05) is 32.9 Å². The molecule has 28 heavy (non-hydrogen) atoms. The Kier molecular flexibility index (Phi) is 7.68. The lowest BCUT2D eigenvalue weighted by molar-refractivity contribution is 0.213. The highest BCUT2D eigenvalue weighted by atomic mass is 35.5. The largest absolute Gasteiger partial charge is 0.362 e. The van der Waals surface area contributed by atoms with Crippen molar-refractivity contribution in [1.29, 1.82) is 0 Å². The third-order valence-corrected chi connectivity index (χ3v) is 4.96. The Hall–Kier alpha value is -1.84. The lowest BCUT2D eigenvalue weighted by Gasteiger charge is -2.13. The van der Waals surface area contributed by atoms with Crippen molar-refractivity contribution >= 4 is 52.4 Å². The van der Waals surface area contributed by atoms with Gasteiger partial charge in [0.25, 0.3) is 0 Å². The van der Waals surface area contributed by atoms with Gasteiger partial charge in [-0.15, -0.1) is 5.10 Å². The number of rotatable bonds is 5. The van der Waals surface area contributed by atoms with E-state index < -0.39 is 0 Å². The van der Waals surface area contributed by atoms with Gasteiger partial charge in [0.05, 0.1) is 0 Å². The van der Waals surface area contributed by atoms with Crippen LogP contribution in [0.2, 0.25) is 5.02 Å². The highest BCUT2D eigenvalue weighted by Gasteiger charge is 2.25. The summed E-state index contributed by atoms with van der Waals surface area (Å²) < 4.78 is 1.36. The molecule has 1 aromatic heterocycles.